The molecule has 0 spiro atoms. The standard InChI is InChI=1S/C7H12O4/c8-2-1-7-9-3-6(4-10-7)5-11-7/h6,8H,1-5H2. The van der Waals surface area contributed by atoms with E-state index >= 15 is 0 Å². The molecule has 1 N–H and O–H groups in total. The molecule has 0 amide bonds. The highest BCUT2D eigenvalue weighted by atomic mass is 16.9. The predicted octanol–water partition coefficient (Wildman–Crippen LogP) is -0.284. The molecule has 3 saturated heterocycles. The Morgan fingerprint density at radius 2 is 1.73 bits per heavy atom. The van der Waals surface area contributed by atoms with E-state index in [1.165, 1.54) is 0 Å². The molecule has 2 bridgehead atoms. The van der Waals surface area contributed by atoms with E-state index in [1.54, 1.807) is 0 Å². The van der Waals surface area contributed by atoms with E-state index < -0.39 is 5.97 Å². The molecule has 0 unspecified atom stereocenters. The van der Waals surface area contributed by atoms with Gasteiger partial charge < -0.3 is 19.3 Å². The molecule has 0 saturated carbocycles. The molecule has 3 heterocycles. The van der Waals surface area contributed by atoms with Crippen molar-refractivity contribution < 1.29 is 19.3 Å². The topological polar surface area (TPSA) is 47.9 Å². The summed E-state index contributed by atoms with van der Waals surface area (Å²) in [5, 5.41) is 8.69. The first-order chi connectivity index (χ1) is 5.35. The van der Waals surface area contributed by atoms with Crippen LogP contribution in [0.15, 0.2) is 0 Å². The first kappa shape index (κ1) is 7.49. The van der Waals surface area contributed by atoms with E-state index in [0.717, 1.165) is 0 Å². The molecule has 3 rings (SSSR count). The van der Waals surface area contributed by atoms with Crippen LogP contribution in [0.3, 0.4) is 0 Å². The van der Waals surface area contributed by atoms with Crippen molar-refractivity contribution in [1.82, 2.24) is 0 Å². The number of rotatable bonds is 2. The number of hydrogen-bond donors (Lipinski definition) is 1. The van der Waals surface area contributed by atoms with Gasteiger partial charge in [-0.2, -0.15) is 0 Å². The number of hydrogen-bond acceptors (Lipinski definition) is 4. The molecule has 64 valence electrons. The maximum Gasteiger partial charge on any atom is 0.285 e. The Labute approximate surface area is 65.1 Å². The van der Waals surface area contributed by atoms with Gasteiger partial charge in [0.1, 0.15) is 0 Å². The molecule has 4 heteroatoms. The first-order valence-electron chi connectivity index (χ1n) is 3.87. The quantitative estimate of drug-likeness (QED) is 0.603. The maximum absolute atomic E-state index is 8.69. The number of ether oxygens (including phenoxy) is 3. The van der Waals surface area contributed by atoms with Crippen LogP contribution < -0.4 is 0 Å². The van der Waals surface area contributed by atoms with Crippen LogP contribution in [0.2, 0.25) is 0 Å². The predicted molar refractivity (Wildman–Crippen MR) is 35.8 cm³/mol. The van der Waals surface area contributed by atoms with Gasteiger partial charge in [-0.3, -0.25) is 0 Å². The number of fused-ring (bicyclic) bond motifs is 3. The number of aliphatic hydroxyl groups is 1. The highest BCUT2D eigenvalue weighted by Crippen LogP contribution is 2.32. The molecule has 0 aromatic carbocycles. The van der Waals surface area contributed by atoms with Crippen molar-refractivity contribution in [3.8, 4) is 0 Å². The van der Waals surface area contributed by atoms with Crippen LogP contribution >= 0.6 is 0 Å². The third-order valence-corrected chi connectivity index (χ3v) is 2.03. The average Bonchev–Trinajstić information content (AvgIpc) is 2.07. The van der Waals surface area contributed by atoms with Gasteiger partial charge in [0.15, 0.2) is 0 Å². The second kappa shape index (κ2) is 2.71. The largest absolute Gasteiger partial charge is 0.396 e. The van der Waals surface area contributed by atoms with Crippen molar-refractivity contribution in [3.05, 3.63) is 0 Å². The van der Waals surface area contributed by atoms with Crippen molar-refractivity contribution in [2.24, 2.45) is 5.92 Å². The summed E-state index contributed by atoms with van der Waals surface area (Å²) in [4.78, 5) is 0. The average molecular weight is 160 g/mol. The summed E-state index contributed by atoms with van der Waals surface area (Å²) in [6.07, 6.45) is 0.403. The monoisotopic (exact) mass is 160 g/mol. The van der Waals surface area contributed by atoms with E-state index in [2.05, 4.69) is 0 Å². The third-order valence-electron chi connectivity index (χ3n) is 2.03. The molecular formula is C7H12O4. The fraction of sp³-hybridized carbons (Fsp3) is 1.00. The van der Waals surface area contributed by atoms with E-state index in [0.29, 0.717) is 32.2 Å². The normalized spacial score (nSPS) is 42.8. The van der Waals surface area contributed by atoms with E-state index in [1.807, 2.05) is 0 Å². The Balaban J connectivity index is 2.00. The van der Waals surface area contributed by atoms with Gasteiger partial charge in [0.25, 0.3) is 5.97 Å². The lowest BCUT2D eigenvalue weighted by Gasteiger charge is -2.44. The second-order valence-electron chi connectivity index (χ2n) is 2.96. The molecule has 4 nitrogen and oxygen atoms in total. The van der Waals surface area contributed by atoms with E-state index in [9.17, 15) is 0 Å². The molecule has 0 aromatic heterocycles. The molecule has 11 heavy (non-hydrogen) atoms. The van der Waals surface area contributed by atoms with Gasteiger partial charge in [0.2, 0.25) is 0 Å². The molecule has 3 aliphatic heterocycles. The fourth-order valence-corrected chi connectivity index (χ4v) is 1.36. The second-order valence-corrected chi connectivity index (χ2v) is 2.96. The van der Waals surface area contributed by atoms with Gasteiger partial charge in [0.05, 0.1) is 32.8 Å². The lowest BCUT2D eigenvalue weighted by Crippen LogP contribution is -2.54. The minimum absolute atomic E-state index is 0.0324. The van der Waals surface area contributed by atoms with Crippen molar-refractivity contribution in [2.45, 2.75) is 12.4 Å². The smallest absolute Gasteiger partial charge is 0.285 e. The zero-order valence-electron chi connectivity index (χ0n) is 6.28. The summed E-state index contributed by atoms with van der Waals surface area (Å²) in [5.74, 6) is -0.528. The highest BCUT2D eigenvalue weighted by molar-refractivity contribution is 4.74. The Morgan fingerprint density at radius 3 is 2.18 bits per heavy atom. The molecule has 0 aliphatic carbocycles. The maximum atomic E-state index is 8.69. The van der Waals surface area contributed by atoms with Crippen molar-refractivity contribution >= 4 is 0 Å². The van der Waals surface area contributed by atoms with Gasteiger partial charge in [-0.05, 0) is 0 Å². The van der Waals surface area contributed by atoms with Gasteiger partial charge in [-0.1, -0.05) is 0 Å². The van der Waals surface area contributed by atoms with Crippen molar-refractivity contribution in [2.75, 3.05) is 26.4 Å². The van der Waals surface area contributed by atoms with Crippen LogP contribution in [0.25, 0.3) is 0 Å². The van der Waals surface area contributed by atoms with Gasteiger partial charge >= 0.3 is 0 Å². The van der Waals surface area contributed by atoms with Gasteiger partial charge in [0, 0.05) is 5.92 Å². The zero-order valence-corrected chi connectivity index (χ0v) is 6.28. The molecule has 0 radical (unpaired) electrons. The summed E-state index contributed by atoms with van der Waals surface area (Å²) in [5.41, 5.74) is 0. The zero-order chi connectivity index (χ0) is 7.73. The summed E-state index contributed by atoms with van der Waals surface area (Å²) in [6, 6.07) is 0. The first-order valence-corrected chi connectivity index (χ1v) is 3.87. The molecule has 0 aromatic rings. The fourth-order valence-electron chi connectivity index (χ4n) is 1.36. The van der Waals surface area contributed by atoms with Crippen molar-refractivity contribution in [1.29, 1.82) is 0 Å². The van der Waals surface area contributed by atoms with E-state index in [4.69, 9.17) is 19.3 Å². The van der Waals surface area contributed by atoms with Gasteiger partial charge in [-0.15, -0.1) is 0 Å². The molecule has 0 atom stereocenters. The van der Waals surface area contributed by atoms with E-state index in [-0.39, 0.29) is 6.61 Å². The number of aliphatic hydroxyl groups excluding tert-OH is 1. The SMILES string of the molecule is OCCC12OCC(CO1)CO2. The third kappa shape index (κ3) is 1.27. The van der Waals surface area contributed by atoms with Crippen LogP contribution in [-0.2, 0) is 14.2 Å². The minimum atomic E-state index is -0.913. The summed E-state index contributed by atoms with van der Waals surface area (Å²) < 4.78 is 15.9. The summed E-state index contributed by atoms with van der Waals surface area (Å²) in [7, 11) is 0. The molecule has 3 aliphatic rings. The summed E-state index contributed by atoms with van der Waals surface area (Å²) in [6.45, 7) is 2.12. The van der Waals surface area contributed by atoms with Crippen LogP contribution in [-0.4, -0.2) is 37.5 Å². The van der Waals surface area contributed by atoms with Crippen LogP contribution in [0, 0.1) is 5.92 Å². The molecular weight excluding hydrogens is 148 g/mol. The minimum Gasteiger partial charge on any atom is -0.396 e. The van der Waals surface area contributed by atoms with Crippen LogP contribution in [0.5, 0.6) is 0 Å². The Morgan fingerprint density at radius 1 is 1.18 bits per heavy atom. The highest BCUT2D eigenvalue weighted by Gasteiger charge is 2.43. The Bertz CT molecular complexity index is 120. The van der Waals surface area contributed by atoms with Crippen LogP contribution in [0.4, 0.5) is 0 Å². The lowest BCUT2D eigenvalue weighted by molar-refractivity contribution is -0.451. The summed E-state index contributed by atoms with van der Waals surface area (Å²) >= 11 is 0. The Hall–Kier alpha value is -0.160. The van der Waals surface area contributed by atoms with Crippen molar-refractivity contribution in [3.63, 3.8) is 0 Å². The lowest BCUT2D eigenvalue weighted by atomic mass is 10.1. The van der Waals surface area contributed by atoms with Crippen LogP contribution in [0.1, 0.15) is 6.42 Å². The Kier molecular flexibility index (Phi) is 1.85. The molecule has 3 fully saturated rings. The van der Waals surface area contributed by atoms with Gasteiger partial charge in [-0.25, -0.2) is 0 Å².